The van der Waals surface area contributed by atoms with Crippen LogP contribution < -0.4 is 26.2 Å². The molecule has 0 saturated heterocycles. The van der Waals surface area contributed by atoms with E-state index in [2.05, 4.69) is 173 Å². The number of anilines is 6. The fraction of sp³-hybridized carbons (Fsp3) is 0.0204. The third-order valence-electron chi connectivity index (χ3n) is 11.5. The lowest BCUT2D eigenvalue weighted by Gasteiger charge is -2.40. The molecule has 12 rings (SSSR count). The van der Waals surface area contributed by atoms with E-state index in [-0.39, 0.29) is 6.71 Å². The highest BCUT2D eigenvalue weighted by Gasteiger charge is 2.43. The van der Waals surface area contributed by atoms with Gasteiger partial charge in [-0.2, -0.15) is 4.80 Å². The van der Waals surface area contributed by atoms with Crippen LogP contribution in [-0.2, 0) is 0 Å². The van der Waals surface area contributed by atoms with E-state index in [9.17, 15) is 0 Å². The van der Waals surface area contributed by atoms with Crippen LogP contribution in [0, 0.1) is 6.92 Å². The van der Waals surface area contributed by atoms with Crippen molar-refractivity contribution < 1.29 is 0 Å². The predicted molar refractivity (Wildman–Crippen MR) is 232 cm³/mol. The van der Waals surface area contributed by atoms with Crippen molar-refractivity contribution in [3.63, 3.8) is 0 Å². The summed E-state index contributed by atoms with van der Waals surface area (Å²) in [5.41, 5.74) is 18.1. The number of benzene rings is 8. The van der Waals surface area contributed by atoms with Crippen LogP contribution in [0.1, 0.15) is 5.56 Å². The van der Waals surface area contributed by atoms with Crippen LogP contribution >= 0.6 is 0 Å². The minimum Gasteiger partial charge on any atom is -0.311 e. The number of hydrogen-bond acceptors (Lipinski definition) is 4. The molecule has 6 nitrogen and oxygen atoms in total. The van der Waals surface area contributed by atoms with Crippen molar-refractivity contribution in [1.29, 1.82) is 0 Å². The molecule has 2 aliphatic heterocycles. The topological polar surface area (TPSA) is 42.1 Å². The van der Waals surface area contributed by atoms with E-state index in [1.54, 1.807) is 4.80 Å². The Hall–Kier alpha value is -7.38. The van der Waals surface area contributed by atoms with Gasteiger partial charge in [0.1, 0.15) is 11.0 Å². The first-order chi connectivity index (χ1) is 27.7. The standard InChI is InChI=1S/C49H33BN6/c1-32-26-46-48-47(27-32)55-44-25-15-14-24-38(44)39-28-37(53(33-16-6-2-7-17-33)34-18-8-3-9-19-34)29-41(49(39)55)50(48)40-30-42-43(52-56(51-42)36-22-12-5-13-23-36)31-45(40)54(46)35-20-10-4-11-21-35/h2-31H,1H3. The van der Waals surface area contributed by atoms with Gasteiger partial charge in [-0.1, -0.05) is 91.0 Å². The molecule has 8 aromatic carbocycles. The monoisotopic (exact) mass is 716 g/mol. The van der Waals surface area contributed by atoms with Crippen molar-refractivity contribution in [2.24, 2.45) is 0 Å². The van der Waals surface area contributed by atoms with Gasteiger partial charge in [-0.25, -0.2) is 0 Å². The lowest BCUT2D eigenvalue weighted by molar-refractivity contribution is 0.766. The van der Waals surface area contributed by atoms with E-state index >= 15 is 0 Å². The predicted octanol–water partition coefficient (Wildman–Crippen LogP) is 9.91. The molecule has 0 radical (unpaired) electrons. The smallest absolute Gasteiger partial charge is 0.252 e. The molecular weight excluding hydrogens is 683 g/mol. The van der Waals surface area contributed by atoms with Gasteiger partial charge in [0, 0.05) is 56.1 Å². The van der Waals surface area contributed by atoms with Crippen molar-refractivity contribution in [2.75, 3.05) is 9.80 Å². The molecular formula is C49H33BN6. The number of aryl methyl sites for hydroxylation is 1. The van der Waals surface area contributed by atoms with Gasteiger partial charge in [-0.15, -0.1) is 10.2 Å². The molecule has 0 aliphatic carbocycles. The summed E-state index contributed by atoms with van der Waals surface area (Å²) in [4.78, 5) is 6.60. The normalized spacial score (nSPS) is 12.7. The maximum atomic E-state index is 5.09. The average molecular weight is 717 g/mol. The fourth-order valence-electron chi connectivity index (χ4n) is 9.27. The third-order valence-corrected chi connectivity index (χ3v) is 11.5. The second kappa shape index (κ2) is 11.8. The first-order valence-corrected chi connectivity index (χ1v) is 19.1. The van der Waals surface area contributed by atoms with Crippen LogP contribution in [0.15, 0.2) is 182 Å². The lowest BCUT2D eigenvalue weighted by atomic mass is 9.33. The molecule has 0 atom stereocenters. The van der Waals surface area contributed by atoms with Gasteiger partial charge < -0.3 is 14.4 Å². The number of para-hydroxylation sites is 5. The summed E-state index contributed by atoms with van der Waals surface area (Å²) in [5, 5.41) is 12.6. The van der Waals surface area contributed by atoms with Crippen LogP contribution in [0.5, 0.6) is 0 Å². The highest BCUT2D eigenvalue weighted by atomic mass is 15.5. The zero-order chi connectivity index (χ0) is 36.9. The van der Waals surface area contributed by atoms with E-state index in [4.69, 9.17) is 10.2 Å². The number of hydrogen-bond donors (Lipinski definition) is 0. The summed E-state index contributed by atoms with van der Waals surface area (Å²) in [6, 6.07) is 65.4. The second-order valence-corrected chi connectivity index (χ2v) is 14.8. The number of fused-ring (bicyclic) bond motifs is 8. The van der Waals surface area contributed by atoms with Gasteiger partial charge in [0.05, 0.1) is 11.2 Å². The van der Waals surface area contributed by atoms with E-state index in [0.29, 0.717) is 0 Å². The molecule has 0 spiro atoms. The molecule has 0 fully saturated rings. The summed E-state index contributed by atoms with van der Waals surface area (Å²) >= 11 is 0. The SMILES string of the molecule is Cc1cc2c3c(c1)-n1c4ccccc4c4cc(N(c5ccccc5)c5ccccc5)cc(c41)B3c1cc3nn(-c4ccccc4)nc3cc1N2c1ccccc1. The van der Waals surface area contributed by atoms with Crippen molar-refractivity contribution in [1.82, 2.24) is 19.6 Å². The molecule has 0 saturated carbocycles. The maximum absolute atomic E-state index is 5.09. The summed E-state index contributed by atoms with van der Waals surface area (Å²) in [6.45, 7) is 2.15. The Kier molecular flexibility index (Phi) is 6.54. The molecule has 10 aromatic rings. The molecule has 0 bridgehead atoms. The van der Waals surface area contributed by atoms with Crippen molar-refractivity contribution in [3.05, 3.63) is 188 Å². The van der Waals surface area contributed by atoms with E-state index in [1.807, 2.05) is 30.3 Å². The Morgan fingerprint density at radius 1 is 0.482 bits per heavy atom. The van der Waals surface area contributed by atoms with Crippen molar-refractivity contribution in [3.8, 4) is 11.4 Å². The Labute approximate surface area is 324 Å². The Bertz CT molecular complexity index is 3120. The summed E-state index contributed by atoms with van der Waals surface area (Å²) in [7, 11) is 0. The molecule has 0 unspecified atom stereocenters. The second-order valence-electron chi connectivity index (χ2n) is 14.8. The van der Waals surface area contributed by atoms with Crippen LogP contribution in [-0.4, -0.2) is 26.3 Å². The van der Waals surface area contributed by atoms with Gasteiger partial charge in [-0.3, -0.25) is 0 Å². The first kappa shape index (κ1) is 31.0. The molecule has 7 heteroatoms. The van der Waals surface area contributed by atoms with Crippen molar-refractivity contribution >= 4 is 90.1 Å². The van der Waals surface area contributed by atoms with E-state index in [0.717, 1.165) is 45.2 Å². The van der Waals surface area contributed by atoms with Crippen LogP contribution in [0.25, 0.3) is 44.2 Å². The molecule has 2 aliphatic rings. The molecule has 262 valence electrons. The zero-order valence-corrected chi connectivity index (χ0v) is 30.6. The van der Waals surface area contributed by atoms with E-state index in [1.165, 1.54) is 55.1 Å². The number of nitrogens with zero attached hydrogens (tertiary/aromatic N) is 6. The van der Waals surface area contributed by atoms with Gasteiger partial charge in [0.15, 0.2) is 0 Å². The van der Waals surface area contributed by atoms with E-state index < -0.39 is 0 Å². The fourth-order valence-corrected chi connectivity index (χ4v) is 9.27. The first-order valence-electron chi connectivity index (χ1n) is 19.1. The minimum atomic E-state index is -0.0745. The quantitative estimate of drug-likeness (QED) is 0.166. The maximum Gasteiger partial charge on any atom is 0.252 e. The zero-order valence-electron chi connectivity index (χ0n) is 30.6. The Morgan fingerprint density at radius 2 is 1.07 bits per heavy atom. The average Bonchev–Trinajstić information content (AvgIpc) is 3.82. The minimum absolute atomic E-state index is 0.0745. The summed E-state index contributed by atoms with van der Waals surface area (Å²) in [6.07, 6.45) is 0. The van der Waals surface area contributed by atoms with Crippen LogP contribution in [0.3, 0.4) is 0 Å². The summed E-state index contributed by atoms with van der Waals surface area (Å²) in [5.74, 6) is 0. The highest BCUT2D eigenvalue weighted by Crippen LogP contribution is 2.44. The van der Waals surface area contributed by atoms with Crippen LogP contribution in [0.4, 0.5) is 34.1 Å². The van der Waals surface area contributed by atoms with Gasteiger partial charge in [-0.05, 0) is 120 Å². The van der Waals surface area contributed by atoms with Crippen LogP contribution in [0.2, 0.25) is 0 Å². The lowest BCUT2D eigenvalue weighted by Crippen LogP contribution is -2.60. The van der Waals surface area contributed by atoms with Gasteiger partial charge in [0.25, 0.3) is 6.71 Å². The number of rotatable bonds is 5. The van der Waals surface area contributed by atoms with Crippen molar-refractivity contribution in [2.45, 2.75) is 6.92 Å². The van der Waals surface area contributed by atoms with Gasteiger partial charge >= 0.3 is 0 Å². The molecule has 4 heterocycles. The molecule has 0 amide bonds. The Morgan fingerprint density at radius 3 is 1.77 bits per heavy atom. The molecule has 56 heavy (non-hydrogen) atoms. The largest absolute Gasteiger partial charge is 0.311 e. The number of aromatic nitrogens is 4. The highest BCUT2D eigenvalue weighted by molar-refractivity contribution is 7.00. The molecule has 0 N–H and O–H groups in total. The van der Waals surface area contributed by atoms with Gasteiger partial charge in [0.2, 0.25) is 0 Å². The summed E-state index contributed by atoms with van der Waals surface area (Å²) < 4.78 is 2.53. The third kappa shape index (κ3) is 4.45. The molecule has 2 aromatic heterocycles. The Balaban J connectivity index is 1.22.